The lowest BCUT2D eigenvalue weighted by atomic mass is 9.62. The van der Waals surface area contributed by atoms with Crippen molar-refractivity contribution in [3.8, 4) is 0 Å². The Labute approximate surface area is 128 Å². The summed E-state index contributed by atoms with van der Waals surface area (Å²) in [6.45, 7) is 6.90. The van der Waals surface area contributed by atoms with Gasteiger partial charge < -0.3 is 11.5 Å². The fourth-order valence-electron chi connectivity index (χ4n) is 3.59. The molecule has 0 saturated carbocycles. The summed E-state index contributed by atoms with van der Waals surface area (Å²) in [6, 6.07) is 8.57. The van der Waals surface area contributed by atoms with Crippen LogP contribution in [-0.4, -0.2) is 6.04 Å². The zero-order chi connectivity index (χ0) is 15.5. The van der Waals surface area contributed by atoms with Gasteiger partial charge in [0.15, 0.2) is 0 Å². The van der Waals surface area contributed by atoms with Crippen LogP contribution in [0.5, 0.6) is 0 Å². The van der Waals surface area contributed by atoms with Crippen LogP contribution in [0, 0.1) is 5.92 Å². The number of nitrogen functional groups attached to an aromatic ring is 1. The standard InChI is InChI=1S/C19H28N2/c1-4-14(3)19(5-2,15-6-10-17(20)11-7-15)16-8-12-18(21)13-9-16/h6-12,14,18H,4-5,13,20-21H2,1-3H3. The van der Waals surface area contributed by atoms with Crippen molar-refractivity contribution in [3.05, 3.63) is 53.6 Å². The Bertz CT molecular complexity index is 527. The molecule has 0 aliphatic heterocycles. The molecule has 0 bridgehead atoms. The molecule has 0 radical (unpaired) electrons. The fourth-order valence-corrected chi connectivity index (χ4v) is 3.59. The lowest BCUT2D eigenvalue weighted by molar-refractivity contribution is 0.321. The Morgan fingerprint density at radius 1 is 1.24 bits per heavy atom. The largest absolute Gasteiger partial charge is 0.399 e. The van der Waals surface area contributed by atoms with E-state index in [0.29, 0.717) is 5.92 Å². The molecule has 2 rings (SSSR count). The minimum Gasteiger partial charge on any atom is -0.399 e. The molecule has 1 aromatic rings. The SMILES string of the molecule is CCC(C)C(CC)(C1=CCC(N)C=C1)c1ccc(N)cc1. The summed E-state index contributed by atoms with van der Waals surface area (Å²) in [5.41, 5.74) is 15.5. The van der Waals surface area contributed by atoms with Crippen molar-refractivity contribution in [3.63, 3.8) is 0 Å². The predicted molar refractivity (Wildman–Crippen MR) is 92.1 cm³/mol. The Kier molecular flexibility index (Phi) is 4.89. The van der Waals surface area contributed by atoms with E-state index >= 15 is 0 Å². The van der Waals surface area contributed by atoms with Crippen molar-refractivity contribution in [1.82, 2.24) is 0 Å². The Balaban J connectivity index is 2.53. The van der Waals surface area contributed by atoms with Crippen LogP contribution in [-0.2, 0) is 5.41 Å². The molecular weight excluding hydrogens is 256 g/mol. The molecule has 3 atom stereocenters. The van der Waals surface area contributed by atoms with Crippen LogP contribution < -0.4 is 11.5 Å². The van der Waals surface area contributed by atoms with Crippen molar-refractivity contribution in [2.75, 3.05) is 5.73 Å². The third-order valence-electron chi connectivity index (χ3n) is 5.09. The maximum atomic E-state index is 6.00. The molecule has 3 unspecified atom stereocenters. The Hall–Kier alpha value is -1.54. The summed E-state index contributed by atoms with van der Waals surface area (Å²) in [5.74, 6) is 0.566. The lowest BCUT2D eigenvalue weighted by Crippen LogP contribution is -2.36. The number of hydrogen-bond donors (Lipinski definition) is 2. The smallest absolute Gasteiger partial charge is 0.0314 e. The van der Waals surface area contributed by atoms with E-state index in [1.165, 1.54) is 11.1 Å². The molecule has 2 heteroatoms. The number of rotatable bonds is 5. The number of nitrogens with two attached hydrogens (primary N) is 2. The van der Waals surface area contributed by atoms with Gasteiger partial charge in [-0.1, -0.05) is 57.6 Å². The van der Waals surface area contributed by atoms with E-state index in [2.05, 4.69) is 51.1 Å². The van der Waals surface area contributed by atoms with E-state index in [0.717, 1.165) is 24.9 Å². The van der Waals surface area contributed by atoms with Gasteiger partial charge in [-0.15, -0.1) is 0 Å². The van der Waals surface area contributed by atoms with Gasteiger partial charge in [0.2, 0.25) is 0 Å². The topological polar surface area (TPSA) is 52.0 Å². The molecule has 0 heterocycles. The maximum absolute atomic E-state index is 6.00. The van der Waals surface area contributed by atoms with Crippen molar-refractivity contribution < 1.29 is 0 Å². The van der Waals surface area contributed by atoms with E-state index < -0.39 is 0 Å². The minimum atomic E-state index is 0.0547. The molecule has 1 aromatic carbocycles. The minimum absolute atomic E-state index is 0.0547. The fraction of sp³-hybridized carbons (Fsp3) is 0.474. The second-order valence-corrected chi connectivity index (χ2v) is 6.17. The molecule has 1 aliphatic carbocycles. The molecule has 2 nitrogen and oxygen atoms in total. The van der Waals surface area contributed by atoms with Gasteiger partial charge in [0.25, 0.3) is 0 Å². The summed E-state index contributed by atoms with van der Waals surface area (Å²) < 4.78 is 0. The summed E-state index contributed by atoms with van der Waals surface area (Å²) in [7, 11) is 0. The van der Waals surface area contributed by atoms with Crippen LogP contribution in [0.3, 0.4) is 0 Å². The summed E-state index contributed by atoms with van der Waals surface area (Å²) in [4.78, 5) is 0. The number of benzene rings is 1. The summed E-state index contributed by atoms with van der Waals surface area (Å²) in [6.07, 6.45) is 9.86. The van der Waals surface area contributed by atoms with Crippen molar-refractivity contribution in [2.24, 2.45) is 11.7 Å². The third kappa shape index (κ3) is 2.91. The second-order valence-electron chi connectivity index (χ2n) is 6.17. The van der Waals surface area contributed by atoms with Gasteiger partial charge in [-0.05, 0) is 42.0 Å². The summed E-state index contributed by atoms with van der Waals surface area (Å²) >= 11 is 0. The van der Waals surface area contributed by atoms with Gasteiger partial charge >= 0.3 is 0 Å². The quantitative estimate of drug-likeness (QED) is 0.797. The predicted octanol–water partition coefficient (Wildman–Crippen LogP) is 4.18. The highest BCUT2D eigenvalue weighted by atomic mass is 14.6. The molecule has 114 valence electrons. The average Bonchev–Trinajstić information content (AvgIpc) is 2.51. The molecule has 0 amide bonds. The van der Waals surface area contributed by atoms with E-state index in [4.69, 9.17) is 11.5 Å². The highest BCUT2D eigenvalue weighted by Crippen LogP contribution is 2.45. The average molecular weight is 284 g/mol. The first-order valence-electron chi connectivity index (χ1n) is 8.05. The monoisotopic (exact) mass is 284 g/mol. The van der Waals surface area contributed by atoms with Gasteiger partial charge in [0.05, 0.1) is 0 Å². The van der Waals surface area contributed by atoms with E-state index in [9.17, 15) is 0 Å². The third-order valence-corrected chi connectivity index (χ3v) is 5.09. The molecule has 0 saturated heterocycles. The lowest BCUT2D eigenvalue weighted by Gasteiger charge is -2.41. The second kappa shape index (κ2) is 6.48. The van der Waals surface area contributed by atoms with E-state index in [1.807, 2.05) is 12.1 Å². The Morgan fingerprint density at radius 2 is 1.90 bits per heavy atom. The molecule has 21 heavy (non-hydrogen) atoms. The van der Waals surface area contributed by atoms with Crippen LogP contribution in [0.4, 0.5) is 5.69 Å². The zero-order valence-electron chi connectivity index (χ0n) is 13.5. The van der Waals surface area contributed by atoms with Crippen LogP contribution in [0.1, 0.15) is 45.6 Å². The number of allylic oxidation sites excluding steroid dienone is 2. The van der Waals surface area contributed by atoms with Crippen molar-refractivity contribution in [2.45, 2.75) is 51.5 Å². The summed E-state index contributed by atoms with van der Waals surface area (Å²) in [5, 5.41) is 0. The molecular formula is C19H28N2. The van der Waals surface area contributed by atoms with Gasteiger partial charge in [-0.3, -0.25) is 0 Å². The first-order chi connectivity index (χ1) is 10.0. The first kappa shape index (κ1) is 15.8. The maximum Gasteiger partial charge on any atom is 0.0314 e. The first-order valence-corrected chi connectivity index (χ1v) is 8.05. The highest BCUT2D eigenvalue weighted by molar-refractivity contribution is 5.48. The Morgan fingerprint density at radius 3 is 2.38 bits per heavy atom. The normalized spacial score (nSPS) is 22.5. The van der Waals surface area contributed by atoms with Crippen LogP contribution >= 0.6 is 0 Å². The molecule has 0 fully saturated rings. The highest BCUT2D eigenvalue weighted by Gasteiger charge is 2.38. The van der Waals surface area contributed by atoms with Gasteiger partial charge in [-0.25, -0.2) is 0 Å². The van der Waals surface area contributed by atoms with Crippen molar-refractivity contribution in [1.29, 1.82) is 0 Å². The van der Waals surface area contributed by atoms with Crippen LogP contribution in [0.2, 0.25) is 0 Å². The molecule has 1 aliphatic rings. The molecule has 0 spiro atoms. The zero-order valence-corrected chi connectivity index (χ0v) is 13.5. The van der Waals surface area contributed by atoms with Gasteiger partial charge in [0, 0.05) is 17.1 Å². The van der Waals surface area contributed by atoms with Gasteiger partial charge in [0.1, 0.15) is 0 Å². The van der Waals surface area contributed by atoms with Gasteiger partial charge in [-0.2, -0.15) is 0 Å². The van der Waals surface area contributed by atoms with Crippen LogP contribution in [0.15, 0.2) is 48.1 Å². The molecule has 0 aromatic heterocycles. The van der Waals surface area contributed by atoms with Crippen molar-refractivity contribution >= 4 is 5.69 Å². The van der Waals surface area contributed by atoms with Crippen LogP contribution in [0.25, 0.3) is 0 Å². The van der Waals surface area contributed by atoms with E-state index in [1.54, 1.807) is 0 Å². The number of hydrogen-bond acceptors (Lipinski definition) is 2. The van der Waals surface area contributed by atoms with E-state index in [-0.39, 0.29) is 11.5 Å². The number of anilines is 1. The molecule has 4 N–H and O–H groups in total.